The topological polar surface area (TPSA) is 45.5 Å². The number of phenols is 1. The van der Waals surface area contributed by atoms with Gasteiger partial charge in [-0.1, -0.05) is 34.5 Å². The van der Waals surface area contributed by atoms with Gasteiger partial charge in [0.1, 0.15) is 5.75 Å². The predicted octanol–water partition coefficient (Wildman–Crippen LogP) is 4.78. The third-order valence-electron chi connectivity index (χ3n) is 3.21. The molecule has 1 aromatic carbocycles. The third kappa shape index (κ3) is 2.82. The molecule has 1 heterocycles. The summed E-state index contributed by atoms with van der Waals surface area (Å²) in [4.78, 5) is 10.2. The van der Waals surface area contributed by atoms with Gasteiger partial charge in [0.25, 0.3) is 0 Å². The van der Waals surface area contributed by atoms with Crippen LogP contribution in [0, 0.1) is 0 Å². The Morgan fingerprint density at radius 1 is 1.25 bits per heavy atom. The standard InChI is InChI=1S/C14H12Cl2N2OS/c15-9-5-8(13(19)10(16)6-9)7-17-14-18-11-3-1-2-4-12(11)20-14/h5-7,19H,1-4H2. The van der Waals surface area contributed by atoms with Crippen molar-refractivity contribution in [1.29, 1.82) is 0 Å². The lowest BCUT2D eigenvalue weighted by atomic mass is 10.0. The van der Waals surface area contributed by atoms with Crippen molar-refractivity contribution in [1.82, 2.24) is 4.98 Å². The fourth-order valence-electron chi connectivity index (χ4n) is 2.20. The maximum Gasteiger partial charge on any atom is 0.209 e. The zero-order valence-electron chi connectivity index (χ0n) is 10.6. The van der Waals surface area contributed by atoms with E-state index in [4.69, 9.17) is 23.2 Å². The van der Waals surface area contributed by atoms with Gasteiger partial charge in [0.15, 0.2) is 0 Å². The Labute approximate surface area is 130 Å². The molecule has 20 heavy (non-hydrogen) atoms. The summed E-state index contributed by atoms with van der Waals surface area (Å²) in [5, 5.41) is 11.3. The monoisotopic (exact) mass is 326 g/mol. The van der Waals surface area contributed by atoms with Crippen molar-refractivity contribution >= 4 is 45.9 Å². The van der Waals surface area contributed by atoms with Crippen molar-refractivity contribution in [3.8, 4) is 5.75 Å². The number of nitrogens with zero attached hydrogens (tertiary/aromatic N) is 2. The largest absolute Gasteiger partial charge is 0.506 e. The molecule has 2 aromatic rings. The average Bonchev–Trinajstić information content (AvgIpc) is 2.84. The summed E-state index contributed by atoms with van der Waals surface area (Å²) in [5.41, 5.74) is 1.66. The highest BCUT2D eigenvalue weighted by atomic mass is 35.5. The van der Waals surface area contributed by atoms with E-state index >= 15 is 0 Å². The molecule has 1 aliphatic carbocycles. The molecule has 0 unspecified atom stereocenters. The molecule has 0 atom stereocenters. The van der Waals surface area contributed by atoms with Gasteiger partial charge in [-0.2, -0.15) is 0 Å². The molecule has 0 amide bonds. The molecule has 3 rings (SSSR count). The van der Waals surface area contributed by atoms with Gasteiger partial charge in [-0.3, -0.25) is 0 Å². The van der Waals surface area contributed by atoms with Crippen molar-refractivity contribution < 1.29 is 5.11 Å². The van der Waals surface area contributed by atoms with Crippen molar-refractivity contribution in [3.05, 3.63) is 38.3 Å². The van der Waals surface area contributed by atoms with Crippen LogP contribution in [0.15, 0.2) is 17.1 Å². The molecule has 0 saturated carbocycles. The quantitative estimate of drug-likeness (QED) is 0.807. The highest BCUT2D eigenvalue weighted by molar-refractivity contribution is 7.15. The number of aromatic hydroxyl groups is 1. The number of hydrogen-bond donors (Lipinski definition) is 1. The summed E-state index contributed by atoms with van der Waals surface area (Å²) >= 11 is 13.4. The number of rotatable bonds is 2. The minimum Gasteiger partial charge on any atom is -0.506 e. The number of halogens is 2. The van der Waals surface area contributed by atoms with E-state index in [-0.39, 0.29) is 10.8 Å². The molecular weight excluding hydrogens is 315 g/mol. The van der Waals surface area contributed by atoms with E-state index in [0.29, 0.717) is 15.7 Å². The van der Waals surface area contributed by atoms with E-state index in [9.17, 15) is 5.11 Å². The van der Waals surface area contributed by atoms with Gasteiger partial charge in [0.05, 0.1) is 10.7 Å². The SMILES string of the molecule is Oc1c(Cl)cc(Cl)cc1C=Nc1nc2c(s1)CCCC2. The summed E-state index contributed by atoms with van der Waals surface area (Å²) in [7, 11) is 0. The Kier molecular flexibility index (Phi) is 3.96. The van der Waals surface area contributed by atoms with Crippen molar-refractivity contribution in [2.24, 2.45) is 4.99 Å². The molecule has 1 N–H and O–H groups in total. The summed E-state index contributed by atoms with van der Waals surface area (Å²) in [6.45, 7) is 0. The molecule has 3 nitrogen and oxygen atoms in total. The number of fused-ring (bicyclic) bond motifs is 1. The first-order chi connectivity index (χ1) is 9.63. The van der Waals surface area contributed by atoms with Crippen LogP contribution in [-0.2, 0) is 12.8 Å². The summed E-state index contributed by atoms with van der Waals surface area (Å²) in [6.07, 6.45) is 6.11. The van der Waals surface area contributed by atoms with Crippen molar-refractivity contribution in [2.75, 3.05) is 0 Å². The predicted molar refractivity (Wildman–Crippen MR) is 84.1 cm³/mol. The van der Waals surface area contributed by atoms with E-state index in [1.54, 1.807) is 23.6 Å². The van der Waals surface area contributed by atoms with Crippen molar-refractivity contribution in [2.45, 2.75) is 25.7 Å². The van der Waals surface area contributed by atoms with E-state index in [1.807, 2.05) is 0 Å². The van der Waals surface area contributed by atoms with Crippen molar-refractivity contribution in [3.63, 3.8) is 0 Å². The van der Waals surface area contributed by atoms with Gasteiger partial charge in [-0.05, 0) is 37.8 Å². The van der Waals surface area contributed by atoms with Crippen LogP contribution in [0.3, 0.4) is 0 Å². The minimum absolute atomic E-state index is 0.0128. The van der Waals surface area contributed by atoms with Gasteiger partial charge in [0.2, 0.25) is 5.13 Å². The molecular formula is C14H12Cl2N2OS. The van der Waals surface area contributed by atoms with Gasteiger partial charge in [0, 0.05) is 21.7 Å². The lowest BCUT2D eigenvalue weighted by Crippen LogP contribution is -1.98. The molecule has 0 saturated heterocycles. The number of thiazole rings is 1. The van der Waals surface area contributed by atoms with Gasteiger partial charge >= 0.3 is 0 Å². The Bertz CT molecular complexity index is 659. The smallest absolute Gasteiger partial charge is 0.209 e. The Balaban J connectivity index is 1.89. The zero-order chi connectivity index (χ0) is 14.1. The number of hydrogen-bond acceptors (Lipinski definition) is 4. The molecule has 0 radical (unpaired) electrons. The lowest BCUT2D eigenvalue weighted by Gasteiger charge is -2.06. The fraction of sp³-hybridized carbons (Fsp3) is 0.286. The third-order valence-corrected chi connectivity index (χ3v) is 4.78. The number of benzene rings is 1. The molecule has 1 aromatic heterocycles. The molecule has 0 fully saturated rings. The maximum atomic E-state index is 9.86. The first-order valence-corrected chi connectivity index (χ1v) is 7.91. The fourth-order valence-corrected chi connectivity index (χ4v) is 3.71. The second-order valence-corrected chi connectivity index (χ2v) is 6.56. The second-order valence-electron chi connectivity index (χ2n) is 4.66. The van der Waals surface area contributed by atoms with Crippen LogP contribution in [-0.4, -0.2) is 16.3 Å². The van der Waals surface area contributed by atoms with Gasteiger partial charge < -0.3 is 5.11 Å². The van der Waals surface area contributed by atoms with Crippen LogP contribution < -0.4 is 0 Å². The summed E-state index contributed by atoms with van der Waals surface area (Å²) in [5.74, 6) is -0.0128. The highest BCUT2D eigenvalue weighted by Crippen LogP contribution is 2.33. The summed E-state index contributed by atoms with van der Waals surface area (Å²) < 4.78 is 0. The molecule has 0 spiro atoms. The van der Waals surface area contributed by atoms with Crippen LogP contribution in [0.25, 0.3) is 0 Å². The van der Waals surface area contributed by atoms with Crippen LogP contribution in [0.1, 0.15) is 29.0 Å². The first-order valence-electron chi connectivity index (χ1n) is 6.34. The number of phenolic OH excluding ortho intramolecular Hbond substituents is 1. The van der Waals surface area contributed by atoms with E-state index in [1.165, 1.54) is 29.5 Å². The summed E-state index contributed by atoms with van der Waals surface area (Å²) in [6, 6.07) is 3.12. The Morgan fingerprint density at radius 3 is 2.85 bits per heavy atom. The Morgan fingerprint density at radius 2 is 2.05 bits per heavy atom. The van der Waals surface area contributed by atoms with E-state index in [0.717, 1.165) is 12.8 Å². The first kappa shape index (κ1) is 13.9. The number of aryl methyl sites for hydroxylation is 2. The maximum absolute atomic E-state index is 9.86. The molecule has 0 aliphatic heterocycles. The van der Waals surface area contributed by atoms with Gasteiger partial charge in [-0.25, -0.2) is 9.98 Å². The lowest BCUT2D eigenvalue weighted by molar-refractivity contribution is 0.475. The molecule has 104 valence electrons. The van der Waals surface area contributed by atoms with E-state index in [2.05, 4.69) is 9.98 Å². The minimum atomic E-state index is -0.0128. The van der Waals surface area contributed by atoms with E-state index < -0.39 is 0 Å². The second kappa shape index (κ2) is 5.72. The van der Waals surface area contributed by atoms with Crippen LogP contribution in [0.4, 0.5) is 5.13 Å². The Hall–Kier alpha value is -1.10. The number of aromatic nitrogens is 1. The van der Waals surface area contributed by atoms with Crippen LogP contribution in [0.2, 0.25) is 10.0 Å². The number of aliphatic imine (C=N–C) groups is 1. The normalized spacial score (nSPS) is 14.7. The van der Waals surface area contributed by atoms with Crippen LogP contribution >= 0.6 is 34.5 Å². The molecule has 1 aliphatic rings. The molecule has 0 bridgehead atoms. The zero-order valence-corrected chi connectivity index (χ0v) is 12.9. The average molecular weight is 327 g/mol. The molecule has 6 heteroatoms. The van der Waals surface area contributed by atoms with Crippen LogP contribution in [0.5, 0.6) is 5.75 Å². The highest BCUT2D eigenvalue weighted by Gasteiger charge is 2.14. The van der Waals surface area contributed by atoms with Gasteiger partial charge in [-0.15, -0.1) is 0 Å².